The van der Waals surface area contributed by atoms with E-state index in [4.69, 9.17) is 4.74 Å². The van der Waals surface area contributed by atoms with Crippen LogP contribution in [0.25, 0.3) is 0 Å². The van der Waals surface area contributed by atoms with Gasteiger partial charge in [0, 0.05) is 17.8 Å². The first kappa shape index (κ1) is 18.3. The molecule has 5 nitrogen and oxygen atoms in total. The Kier molecular flexibility index (Phi) is 6.61. The Morgan fingerprint density at radius 3 is 2.50 bits per heavy atom. The Morgan fingerprint density at radius 1 is 1.21 bits per heavy atom. The predicted octanol–water partition coefficient (Wildman–Crippen LogP) is 3.79. The number of amides is 1. The van der Waals surface area contributed by atoms with E-state index in [2.05, 4.69) is 15.3 Å². The second-order valence-electron chi connectivity index (χ2n) is 5.34. The molecule has 0 aliphatic rings. The highest BCUT2D eigenvalue weighted by Gasteiger charge is 2.12. The number of anilines is 1. The second kappa shape index (κ2) is 8.68. The molecule has 6 heteroatoms. The monoisotopic (exact) mass is 345 g/mol. The summed E-state index contributed by atoms with van der Waals surface area (Å²) in [5.41, 5.74) is 3.62. The molecular weight excluding hydrogens is 322 g/mol. The van der Waals surface area contributed by atoms with Crippen molar-refractivity contribution < 1.29 is 9.53 Å². The fraction of sp³-hybridized carbons (Fsp3) is 0.389. The van der Waals surface area contributed by atoms with Crippen LogP contribution >= 0.6 is 11.8 Å². The lowest BCUT2D eigenvalue weighted by atomic mass is 10.1. The topological polar surface area (TPSA) is 64.1 Å². The number of hydrogen-bond donors (Lipinski definition) is 1. The molecule has 0 atom stereocenters. The van der Waals surface area contributed by atoms with E-state index in [1.807, 2.05) is 51.3 Å². The van der Waals surface area contributed by atoms with Crippen molar-refractivity contribution >= 4 is 23.4 Å². The molecule has 2 rings (SSSR count). The lowest BCUT2D eigenvalue weighted by Crippen LogP contribution is -2.14. The highest BCUT2D eigenvalue weighted by molar-refractivity contribution is 7.98. The largest absolute Gasteiger partial charge is 0.492 e. The van der Waals surface area contributed by atoms with E-state index >= 15 is 0 Å². The van der Waals surface area contributed by atoms with Crippen LogP contribution in [0.5, 0.6) is 5.75 Å². The van der Waals surface area contributed by atoms with Crippen molar-refractivity contribution in [2.45, 2.75) is 38.8 Å². The minimum absolute atomic E-state index is 0.0464. The van der Waals surface area contributed by atoms with Crippen LogP contribution in [0, 0.1) is 13.8 Å². The normalized spacial score (nSPS) is 10.5. The summed E-state index contributed by atoms with van der Waals surface area (Å²) in [4.78, 5) is 21.2. The maximum atomic E-state index is 12.3. The van der Waals surface area contributed by atoms with Crippen molar-refractivity contribution in [2.75, 3.05) is 18.2 Å². The summed E-state index contributed by atoms with van der Waals surface area (Å²) in [6, 6.07) is 7.46. The number of hydrogen-bond acceptors (Lipinski definition) is 5. The van der Waals surface area contributed by atoms with Gasteiger partial charge in [0.05, 0.1) is 12.3 Å². The van der Waals surface area contributed by atoms with Gasteiger partial charge in [-0.05, 0) is 51.1 Å². The number of aromatic nitrogens is 2. The van der Waals surface area contributed by atoms with Crippen LogP contribution in [-0.4, -0.2) is 28.7 Å². The number of para-hydroxylation sites is 2. The minimum atomic E-state index is -0.0464. The first-order valence-electron chi connectivity index (χ1n) is 7.95. The molecular formula is C18H23N3O2S. The molecule has 1 heterocycles. The summed E-state index contributed by atoms with van der Waals surface area (Å²) in [6.45, 7) is 6.41. The van der Waals surface area contributed by atoms with Gasteiger partial charge in [0.25, 0.3) is 0 Å². The molecule has 0 saturated heterocycles. The molecule has 0 unspecified atom stereocenters. The highest BCUT2D eigenvalue weighted by atomic mass is 32.2. The number of benzene rings is 1. The summed E-state index contributed by atoms with van der Waals surface area (Å²) in [5.74, 6) is 0.642. The van der Waals surface area contributed by atoms with Crippen LogP contribution in [0.4, 0.5) is 5.69 Å². The zero-order chi connectivity index (χ0) is 17.5. The molecule has 0 spiro atoms. The van der Waals surface area contributed by atoms with E-state index in [1.54, 1.807) is 0 Å². The molecule has 1 aromatic carbocycles. The molecule has 1 amide bonds. The van der Waals surface area contributed by atoms with Crippen LogP contribution in [0.3, 0.4) is 0 Å². The van der Waals surface area contributed by atoms with E-state index in [1.165, 1.54) is 11.8 Å². The first-order chi connectivity index (χ1) is 11.5. The zero-order valence-corrected chi connectivity index (χ0v) is 15.4. The van der Waals surface area contributed by atoms with Crippen molar-refractivity contribution in [1.82, 2.24) is 9.97 Å². The van der Waals surface area contributed by atoms with E-state index in [-0.39, 0.29) is 5.91 Å². The van der Waals surface area contributed by atoms with E-state index < -0.39 is 0 Å². The fourth-order valence-electron chi connectivity index (χ4n) is 2.46. The van der Waals surface area contributed by atoms with Crippen LogP contribution < -0.4 is 10.1 Å². The van der Waals surface area contributed by atoms with Crippen molar-refractivity contribution in [3.05, 3.63) is 41.2 Å². The van der Waals surface area contributed by atoms with Gasteiger partial charge in [-0.2, -0.15) is 0 Å². The number of thioether (sulfide) groups is 1. The molecule has 128 valence electrons. The van der Waals surface area contributed by atoms with Crippen molar-refractivity contribution in [3.63, 3.8) is 0 Å². The van der Waals surface area contributed by atoms with E-state index in [0.717, 1.165) is 22.1 Å². The van der Waals surface area contributed by atoms with Crippen LogP contribution in [0.2, 0.25) is 0 Å². The van der Waals surface area contributed by atoms with Crippen molar-refractivity contribution in [1.29, 1.82) is 0 Å². The van der Waals surface area contributed by atoms with Gasteiger partial charge in [0.15, 0.2) is 5.16 Å². The van der Waals surface area contributed by atoms with Crippen molar-refractivity contribution in [2.24, 2.45) is 0 Å². The summed E-state index contributed by atoms with van der Waals surface area (Å²) in [7, 11) is 0. The SMILES string of the molecule is CCOc1ccccc1NC(=O)CCc1c(C)nc(SC)nc1C. The number of carbonyl (C=O) groups is 1. The highest BCUT2D eigenvalue weighted by Crippen LogP contribution is 2.24. The molecule has 0 fully saturated rings. The summed E-state index contributed by atoms with van der Waals surface area (Å²) in [5, 5.41) is 3.69. The van der Waals surface area contributed by atoms with E-state index in [9.17, 15) is 4.79 Å². The maximum absolute atomic E-state index is 12.3. The molecule has 0 aliphatic heterocycles. The Balaban J connectivity index is 2.02. The van der Waals surface area contributed by atoms with Gasteiger partial charge in [-0.1, -0.05) is 23.9 Å². The van der Waals surface area contributed by atoms with Gasteiger partial charge in [-0.15, -0.1) is 0 Å². The predicted molar refractivity (Wildman–Crippen MR) is 97.8 cm³/mol. The Labute approximate surface area is 147 Å². The van der Waals surface area contributed by atoms with Gasteiger partial charge in [-0.3, -0.25) is 4.79 Å². The maximum Gasteiger partial charge on any atom is 0.224 e. The van der Waals surface area contributed by atoms with Crippen LogP contribution in [0.15, 0.2) is 29.4 Å². The van der Waals surface area contributed by atoms with Crippen molar-refractivity contribution in [3.8, 4) is 5.75 Å². The number of ether oxygens (including phenoxy) is 1. The van der Waals surface area contributed by atoms with Gasteiger partial charge in [0.2, 0.25) is 5.91 Å². The van der Waals surface area contributed by atoms with Gasteiger partial charge in [0.1, 0.15) is 5.75 Å². The number of nitrogens with one attached hydrogen (secondary N) is 1. The molecule has 0 aliphatic carbocycles. The fourth-order valence-corrected chi connectivity index (χ4v) is 2.92. The Bertz CT molecular complexity index is 696. The third-order valence-corrected chi connectivity index (χ3v) is 4.19. The standard InChI is InChI=1S/C18H23N3O2S/c1-5-23-16-9-7-6-8-15(16)21-17(22)11-10-14-12(2)19-18(24-4)20-13(14)3/h6-9H,5,10-11H2,1-4H3,(H,21,22). The molecule has 24 heavy (non-hydrogen) atoms. The van der Waals surface area contributed by atoms with Gasteiger partial charge >= 0.3 is 0 Å². The average Bonchev–Trinajstić information content (AvgIpc) is 2.56. The summed E-state index contributed by atoms with van der Waals surface area (Å²) in [6.07, 6.45) is 2.95. The van der Waals surface area contributed by atoms with E-state index in [0.29, 0.717) is 30.9 Å². The quantitative estimate of drug-likeness (QED) is 0.611. The molecule has 2 aromatic rings. The zero-order valence-electron chi connectivity index (χ0n) is 14.5. The molecule has 1 N–H and O–H groups in total. The number of rotatable bonds is 7. The number of aryl methyl sites for hydroxylation is 2. The average molecular weight is 345 g/mol. The van der Waals surface area contributed by atoms with Gasteiger partial charge in [-0.25, -0.2) is 9.97 Å². The Hall–Kier alpha value is -2.08. The lowest BCUT2D eigenvalue weighted by molar-refractivity contribution is -0.116. The minimum Gasteiger partial charge on any atom is -0.492 e. The number of nitrogens with zero attached hydrogens (tertiary/aromatic N) is 2. The third-order valence-electron chi connectivity index (χ3n) is 3.65. The lowest BCUT2D eigenvalue weighted by Gasteiger charge is -2.12. The molecule has 0 radical (unpaired) electrons. The second-order valence-corrected chi connectivity index (χ2v) is 6.11. The summed E-state index contributed by atoms with van der Waals surface area (Å²) < 4.78 is 5.53. The molecule has 0 bridgehead atoms. The molecule has 0 saturated carbocycles. The van der Waals surface area contributed by atoms with Crippen LogP contribution in [-0.2, 0) is 11.2 Å². The first-order valence-corrected chi connectivity index (χ1v) is 9.17. The number of carbonyl (C=O) groups excluding carboxylic acids is 1. The third kappa shape index (κ3) is 4.71. The van der Waals surface area contributed by atoms with Gasteiger partial charge < -0.3 is 10.1 Å². The van der Waals surface area contributed by atoms with Crippen LogP contribution in [0.1, 0.15) is 30.3 Å². The smallest absolute Gasteiger partial charge is 0.224 e. The molecule has 1 aromatic heterocycles. The Morgan fingerprint density at radius 2 is 1.88 bits per heavy atom. The summed E-state index contributed by atoms with van der Waals surface area (Å²) >= 11 is 1.52.